The van der Waals surface area contributed by atoms with Crippen molar-refractivity contribution in [1.29, 1.82) is 0 Å². The van der Waals surface area contributed by atoms with Crippen LogP contribution in [0.15, 0.2) is 48.9 Å². The predicted molar refractivity (Wildman–Crippen MR) is 112 cm³/mol. The van der Waals surface area contributed by atoms with E-state index >= 15 is 0 Å². The zero-order valence-corrected chi connectivity index (χ0v) is 16.7. The molecule has 1 aromatic carbocycles. The summed E-state index contributed by atoms with van der Waals surface area (Å²) in [5, 5.41) is 9.17. The number of nitrogens with zero attached hydrogens (tertiary/aromatic N) is 7. The van der Waals surface area contributed by atoms with Gasteiger partial charge < -0.3 is 14.9 Å². The maximum Gasteiger partial charge on any atom is 0.229 e. The van der Waals surface area contributed by atoms with Gasteiger partial charge in [-0.1, -0.05) is 30.3 Å². The van der Waals surface area contributed by atoms with Gasteiger partial charge in [0.1, 0.15) is 18.0 Å². The van der Waals surface area contributed by atoms with Crippen LogP contribution in [-0.4, -0.2) is 61.8 Å². The highest BCUT2D eigenvalue weighted by atomic mass is 16.3. The molecule has 4 rings (SSSR count). The van der Waals surface area contributed by atoms with E-state index in [4.69, 9.17) is 4.98 Å². The Labute approximate surface area is 170 Å². The third-order valence-corrected chi connectivity index (χ3v) is 5.08. The standard InChI is InChI=1S/C21H25N7O/c1-15-12-27(21-24-14-23-20(26-21)17-6-4-3-5-7-17)13-16(2)28(15)19-8-10-22-18(25-19)9-11-29/h3-8,10,14-16,29H,9,11-13H2,1-2H3/t15-,16+. The predicted octanol–water partition coefficient (Wildman–Crippen LogP) is 1.97. The zero-order valence-electron chi connectivity index (χ0n) is 16.7. The quantitative estimate of drug-likeness (QED) is 0.706. The van der Waals surface area contributed by atoms with Gasteiger partial charge in [0, 0.05) is 43.4 Å². The number of anilines is 2. The van der Waals surface area contributed by atoms with E-state index in [2.05, 4.69) is 43.6 Å². The van der Waals surface area contributed by atoms with Crippen LogP contribution in [0.25, 0.3) is 11.4 Å². The molecule has 0 unspecified atom stereocenters. The molecule has 0 radical (unpaired) electrons. The number of rotatable bonds is 5. The first-order valence-electron chi connectivity index (χ1n) is 9.86. The molecule has 2 aromatic heterocycles. The molecule has 3 aromatic rings. The van der Waals surface area contributed by atoms with Crippen LogP contribution < -0.4 is 9.80 Å². The fourth-order valence-corrected chi connectivity index (χ4v) is 3.86. The third kappa shape index (κ3) is 4.17. The molecule has 150 valence electrons. The Morgan fingerprint density at radius 1 is 0.966 bits per heavy atom. The summed E-state index contributed by atoms with van der Waals surface area (Å²) in [6.07, 6.45) is 3.80. The third-order valence-electron chi connectivity index (χ3n) is 5.08. The summed E-state index contributed by atoms with van der Waals surface area (Å²) >= 11 is 0. The van der Waals surface area contributed by atoms with Gasteiger partial charge in [0.15, 0.2) is 5.82 Å². The van der Waals surface area contributed by atoms with Crippen LogP contribution in [0, 0.1) is 0 Å². The van der Waals surface area contributed by atoms with Crippen molar-refractivity contribution in [1.82, 2.24) is 24.9 Å². The first-order chi connectivity index (χ1) is 14.2. The van der Waals surface area contributed by atoms with Crippen molar-refractivity contribution < 1.29 is 5.11 Å². The summed E-state index contributed by atoms with van der Waals surface area (Å²) in [5.41, 5.74) is 0.980. The van der Waals surface area contributed by atoms with Crippen molar-refractivity contribution >= 4 is 11.8 Å². The smallest absolute Gasteiger partial charge is 0.229 e. The second-order valence-corrected chi connectivity index (χ2v) is 7.29. The molecule has 29 heavy (non-hydrogen) atoms. The van der Waals surface area contributed by atoms with Crippen molar-refractivity contribution in [3.8, 4) is 11.4 Å². The molecule has 1 saturated heterocycles. The summed E-state index contributed by atoms with van der Waals surface area (Å²) in [6.45, 7) is 5.96. The van der Waals surface area contributed by atoms with Crippen LogP contribution in [0.4, 0.5) is 11.8 Å². The van der Waals surface area contributed by atoms with Crippen LogP contribution in [0.5, 0.6) is 0 Å². The molecule has 0 bridgehead atoms. The fraction of sp³-hybridized carbons (Fsp3) is 0.381. The van der Waals surface area contributed by atoms with Gasteiger partial charge in [-0.2, -0.15) is 4.98 Å². The lowest BCUT2D eigenvalue weighted by Gasteiger charge is -2.45. The molecule has 0 spiro atoms. The van der Waals surface area contributed by atoms with Gasteiger partial charge >= 0.3 is 0 Å². The molecule has 1 fully saturated rings. The Bertz CT molecular complexity index is 941. The van der Waals surface area contributed by atoms with Crippen LogP contribution in [-0.2, 0) is 6.42 Å². The lowest BCUT2D eigenvalue weighted by atomic mass is 10.1. The largest absolute Gasteiger partial charge is 0.396 e. The molecule has 2 atom stereocenters. The number of hydrogen-bond acceptors (Lipinski definition) is 8. The molecule has 0 saturated carbocycles. The van der Waals surface area contributed by atoms with E-state index in [9.17, 15) is 5.11 Å². The molecule has 1 N–H and O–H groups in total. The minimum atomic E-state index is 0.0471. The number of aliphatic hydroxyl groups is 1. The van der Waals surface area contributed by atoms with E-state index in [1.165, 1.54) is 0 Å². The average Bonchev–Trinajstić information content (AvgIpc) is 2.74. The normalized spacial score (nSPS) is 19.4. The lowest BCUT2D eigenvalue weighted by Crippen LogP contribution is -2.57. The molecule has 8 nitrogen and oxygen atoms in total. The van der Waals surface area contributed by atoms with Gasteiger partial charge in [-0.15, -0.1) is 0 Å². The van der Waals surface area contributed by atoms with E-state index in [-0.39, 0.29) is 18.7 Å². The van der Waals surface area contributed by atoms with Gasteiger partial charge in [-0.25, -0.2) is 19.9 Å². The molecule has 1 aliphatic heterocycles. The highest BCUT2D eigenvalue weighted by molar-refractivity contribution is 5.56. The van der Waals surface area contributed by atoms with Crippen molar-refractivity contribution in [3.63, 3.8) is 0 Å². The SMILES string of the molecule is C[C@@H]1CN(c2ncnc(-c3ccccc3)n2)C[C@H](C)N1c1ccnc(CCO)n1. The Balaban J connectivity index is 1.54. The topological polar surface area (TPSA) is 91.2 Å². The second-order valence-electron chi connectivity index (χ2n) is 7.29. The van der Waals surface area contributed by atoms with Gasteiger partial charge in [-0.3, -0.25) is 0 Å². The lowest BCUT2D eigenvalue weighted by molar-refractivity contribution is 0.296. The van der Waals surface area contributed by atoms with Crippen LogP contribution in [0.3, 0.4) is 0 Å². The van der Waals surface area contributed by atoms with Crippen LogP contribution in [0.2, 0.25) is 0 Å². The number of hydrogen-bond donors (Lipinski definition) is 1. The number of benzene rings is 1. The molecular formula is C21H25N7O. The maximum atomic E-state index is 9.17. The van der Waals surface area contributed by atoms with E-state index in [0.717, 1.165) is 24.5 Å². The number of aromatic nitrogens is 5. The summed E-state index contributed by atoms with van der Waals surface area (Å²) in [4.78, 5) is 26.8. The Morgan fingerprint density at radius 2 is 1.72 bits per heavy atom. The Kier molecular flexibility index (Phi) is 5.62. The number of piperazine rings is 1. The summed E-state index contributed by atoms with van der Waals surface area (Å²) in [7, 11) is 0. The zero-order chi connectivity index (χ0) is 20.2. The van der Waals surface area contributed by atoms with Crippen molar-refractivity contribution in [2.45, 2.75) is 32.4 Å². The highest BCUT2D eigenvalue weighted by Crippen LogP contribution is 2.25. The van der Waals surface area contributed by atoms with Crippen LogP contribution >= 0.6 is 0 Å². The number of aliphatic hydroxyl groups excluding tert-OH is 1. The monoisotopic (exact) mass is 391 g/mol. The molecule has 1 aliphatic rings. The maximum absolute atomic E-state index is 9.17. The van der Waals surface area contributed by atoms with Crippen molar-refractivity contribution in [3.05, 3.63) is 54.7 Å². The van der Waals surface area contributed by atoms with Crippen molar-refractivity contribution in [2.24, 2.45) is 0 Å². The molecule has 8 heteroatoms. The van der Waals surface area contributed by atoms with Gasteiger partial charge in [0.2, 0.25) is 5.95 Å². The van der Waals surface area contributed by atoms with E-state index in [1.54, 1.807) is 12.5 Å². The highest BCUT2D eigenvalue weighted by Gasteiger charge is 2.32. The second kappa shape index (κ2) is 8.48. The summed E-state index contributed by atoms with van der Waals surface area (Å²) < 4.78 is 0. The minimum absolute atomic E-state index is 0.0471. The molecular weight excluding hydrogens is 366 g/mol. The average molecular weight is 391 g/mol. The fourth-order valence-electron chi connectivity index (χ4n) is 3.86. The molecule has 0 aliphatic carbocycles. The van der Waals surface area contributed by atoms with E-state index in [1.807, 2.05) is 36.4 Å². The minimum Gasteiger partial charge on any atom is -0.396 e. The van der Waals surface area contributed by atoms with Gasteiger partial charge in [-0.05, 0) is 19.9 Å². The Hall–Kier alpha value is -3.13. The molecule has 3 heterocycles. The summed E-state index contributed by atoms with van der Waals surface area (Å²) in [5.74, 6) is 2.93. The van der Waals surface area contributed by atoms with E-state index < -0.39 is 0 Å². The summed E-state index contributed by atoms with van der Waals surface area (Å²) in [6, 6.07) is 12.3. The van der Waals surface area contributed by atoms with Crippen LogP contribution in [0.1, 0.15) is 19.7 Å². The Morgan fingerprint density at radius 3 is 2.45 bits per heavy atom. The van der Waals surface area contributed by atoms with E-state index in [0.29, 0.717) is 24.0 Å². The first-order valence-corrected chi connectivity index (χ1v) is 9.86. The van der Waals surface area contributed by atoms with Gasteiger partial charge in [0.05, 0.1) is 6.61 Å². The van der Waals surface area contributed by atoms with Gasteiger partial charge in [0.25, 0.3) is 0 Å². The molecule has 0 amide bonds. The van der Waals surface area contributed by atoms with Crippen molar-refractivity contribution in [2.75, 3.05) is 29.5 Å². The first kappa shape index (κ1) is 19.2.